The predicted molar refractivity (Wildman–Crippen MR) is 106 cm³/mol. The summed E-state index contributed by atoms with van der Waals surface area (Å²) in [5.41, 5.74) is 3.66. The van der Waals surface area contributed by atoms with Crippen LogP contribution in [0.15, 0.2) is 61.2 Å². The third-order valence-corrected chi connectivity index (χ3v) is 4.08. The molecule has 0 aromatic heterocycles. The van der Waals surface area contributed by atoms with Crippen molar-refractivity contribution in [2.45, 2.75) is 26.3 Å². The highest BCUT2D eigenvalue weighted by Gasteiger charge is 2.11. The monoisotopic (exact) mass is 347 g/mol. The van der Waals surface area contributed by atoms with Gasteiger partial charge in [0.05, 0.1) is 18.2 Å². The number of hydrogen-bond acceptors (Lipinski definition) is 3. The van der Waals surface area contributed by atoms with Crippen molar-refractivity contribution in [1.82, 2.24) is 4.90 Å². The molecule has 2 aromatic carbocycles. The number of hydrogen-bond donors (Lipinski definition) is 1. The number of anilines is 1. The predicted octanol–water partition coefficient (Wildman–Crippen LogP) is 4.31. The number of nitriles is 1. The minimum absolute atomic E-state index is 0.0689. The third-order valence-electron chi connectivity index (χ3n) is 4.08. The van der Waals surface area contributed by atoms with E-state index in [1.54, 1.807) is 12.1 Å². The number of amides is 1. The summed E-state index contributed by atoms with van der Waals surface area (Å²) in [5, 5.41) is 12.0. The molecule has 4 heteroatoms. The lowest BCUT2D eigenvalue weighted by molar-refractivity contribution is -0.117. The Balaban J connectivity index is 1.98. The Hall–Kier alpha value is -2.90. The van der Waals surface area contributed by atoms with E-state index in [1.807, 2.05) is 47.4 Å². The average molecular weight is 347 g/mol. The number of nitrogens with one attached hydrogen (secondary N) is 1. The first-order chi connectivity index (χ1) is 12.5. The number of nitrogens with zero attached hydrogens (tertiary/aromatic N) is 2. The van der Waals surface area contributed by atoms with E-state index < -0.39 is 0 Å². The Bertz CT molecular complexity index is 788. The van der Waals surface area contributed by atoms with Crippen molar-refractivity contribution in [3.8, 4) is 6.07 Å². The minimum atomic E-state index is -0.0689. The summed E-state index contributed by atoms with van der Waals surface area (Å²) in [7, 11) is 0. The van der Waals surface area contributed by atoms with E-state index in [4.69, 9.17) is 5.26 Å². The zero-order chi connectivity index (χ0) is 18.9. The van der Waals surface area contributed by atoms with Gasteiger partial charge in [0.2, 0.25) is 5.91 Å². The van der Waals surface area contributed by atoms with Crippen molar-refractivity contribution in [1.29, 1.82) is 5.26 Å². The van der Waals surface area contributed by atoms with Crippen LogP contribution >= 0.6 is 0 Å². The van der Waals surface area contributed by atoms with E-state index in [1.165, 1.54) is 5.56 Å². The fourth-order valence-electron chi connectivity index (χ4n) is 2.72. The Morgan fingerprint density at radius 3 is 2.62 bits per heavy atom. The second-order valence-corrected chi connectivity index (χ2v) is 6.60. The summed E-state index contributed by atoms with van der Waals surface area (Å²) in [6, 6.07) is 17.5. The van der Waals surface area contributed by atoms with E-state index in [9.17, 15) is 4.79 Å². The van der Waals surface area contributed by atoms with Crippen molar-refractivity contribution >= 4 is 11.6 Å². The number of benzene rings is 2. The fraction of sp³-hybridized carbons (Fsp3) is 0.273. The molecule has 0 aliphatic carbocycles. The Labute approximate surface area is 155 Å². The quantitative estimate of drug-likeness (QED) is 0.724. The Kier molecular flexibility index (Phi) is 7.13. The zero-order valence-electron chi connectivity index (χ0n) is 15.4. The molecule has 134 valence electrons. The number of rotatable bonds is 8. The number of carbonyl (C=O) groups is 1. The molecule has 0 heterocycles. The van der Waals surface area contributed by atoms with Crippen LogP contribution in [0.4, 0.5) is 5.69 Å². The van der Waals surface area contributed by atoms with Crippen LogP contribution in [0.5, 0.6) is 0 Å². The topological polar surface area (TPSA) is 56.1 Å². The normalized spacial score (nSPS) is 10.6. The van der Waals surface area contributed by atoms with Crippen LogP contribution in [-0.2, 0) is 11.3 Å². The van der Waals surface area contributed by atoms with Crippen molar-refractivity contribution in [3.05, 3.63) is 77.9 Å². The van der Waals surface area contributed by atoms with Gasteiger partial charge in [0, 0.05) is 18.8 Å². The SMILES string of the molecule is C=CCN(CC(=O)Nc1ccc(C(C)C)cc1)Cc1cccc(C#N)c1. The highest BCUT2D eigenvalue weighted by molar-refractivity contribution is 5.92. The van der Waals surface area contributed by atoms with Gasteiger partial charge < -0.3 is 5.32 Å². The van der Waals surface area contributed by atoms with Crippen LogP contribution < -0.4 is 5.32 Å². The molecule has 0 aliphatic heterocycles. The van der Waals surface area contributed by atoms with E-state index in [-0.39, 0.29) is 12.5 Å². The lowest BCUT2D eigenvalue weighted by Crippen LogP contribution is -2.33. The standard InChI is InChI=1S/C22H25N3O/c1-4-12-25(15-19-7-5-6-18(13-19)14-23)16-22(26)24-21-10-8-20(9-11-21)17(2)3/h4-11,13,17H,1,12,15-16H2,2-3H3,(H,24,26). The Morgan fingerprint density at radius 1 is 1.27 bits per heavy atom. The zero-order valence-corrected chi connectivity index (χ0v) is 15.4. The molecule has 0 radical (unpaired) electrons. The summed E-state index contributed by atoms with van der Waals surface area (Å²) in [5.74, 6) is 0.396. The van der Waals surface area contributed by atoms with Gasteiger partial charge in [-0.3, -0.25) is 9.69 Å². The molecule has 0 bridgehead atoms. The molecule has 0 spiro atoms. The van der Waals surface area contributed by atoms with E-state index in [0.717, 1.165) is 11.3 Å². The Morgan fingerprint density at radius 2 is 2.00 bits per heavy atom. The van der Waals surface area contributed by atoms with Gasteiger partial charge in [0.15, 0.2) is 0 Å². The van der Waals surface area contributed by atoms with Crippen LogP contribution in [-0.4, -0.2) is 23.9 Å². The molecule has 0 fully saturated rings. The maximum atomic E-state index is 12.4. The molecule has 2 rings (SSSR count). The molecule has 4 nitrogen and oxygen atoms in total. The van der Waals surface area contributed by atoms with Crippen LogP contribution in [0.3, 0.4) is 0 Å². The van der Waals surface area contributed by atoms with Crippen molar-refractivity contribution in [2.24, 2.45) is 0 Å². The van der Waals surface area contributed by atoms with Gasteiger partial charge in [-0.25, -0.2) is 0 Å². The second kappa shape index (κ2) is 9.55. The van der Waals surface area contributed by atoms with Crippen LogP contribution in [0.1, 0.15) is 36.5 Å². The first-order valence-corrected chi connectivity index (χ1v) is 8.74. The third kappa shape index (κ3) is 5.87. The van der Waals surface area contributed by atoms with Gasteiger partial charge in [-0.2, -0.15) is 5.26 Å². The van der Waals surface area contributed by atoms with Crippen molar-refractivity contribution in [3.63, 3.8) is 0 Å². The van der Waals surface area contributed by atoms with Crippen molar-refractivity contribution < 1.29 is 4.79 Å². The maximum Gasteiger partial charge on any atom is 0.238 e. The van der Waals surface area contributed by atoms with Gasteiger partial charge in [-0.15, -0.1) is 6.58 Å². The molecule has 0 saturated carbocycles. The molecule has 1 amide bonds. The molecular weight excluding hydrogens is 322 g/mol. The first-order valence-electron chi connectivity index (χ1n) is 8.74. The summed E-state index contributed by atoms with van der Waals surface area (Å²) >= 11 is 0. The molecule has 26 heavy (non-hydrogen) atoms. The molecule has 1 N–H and O–H groups in total. The first kappa shape index (κ1) is 19.4. The molecule has 0 atom stereocenters. The van der Waals surface area contributed by atoms with E-state index >= 15 is 0 Å². The van der Waals surface area contributed by atoms with E-state index in [0.29, 0.717) is 24.6 Å². The van der Waals surface area contributed by atoms with Crippen molar-refractivity contribution in [2.75, 3.05) is 18.4 Å². The van der Waals surface area contributed by atoms with E-state index in [2.05, 4.69) is 31.8 Å². The summed E-state index contributed by atoms with van der Waals surface area (Å²) in [6.45, 7) is 9.49. The molecule has 0 saturated heterocycles. The second-order valence-electron chi connectivity index (χ2n) is 6.60. The van der Waals surface area contributed by atoms with Gasteiger partial charge in [0.1, 0.15) is 0 Å². The largest absolute Gasteiger partial charge is 0.325 e. The minimum Gasteiger partial charge on any atom is -0.325 e. The van der Waals surface area contributed by atoms with Gasteiger partial charge in [-0.05, 0) is 41.3 Å². The van der Waals surface area contributed by atoms with Crippen LogP contribution in [0.25, 0.3) is 0 Å². The summed E-state index contributed by atoms with van der Waals surface area (Å²) < 4.78 is 0. The van der Waals surface area contributed by atoms with Gasteiger partial charge in [-0.1, -0.05) is 44.2 Å². The van der Waals surface area contributed by atoms with Gasteiger partial charge >= 0.3 is 0 Å². The summed E-state index contributed by atoms with van der Waals surface area (Å²) in [6.07, 6.45) is 1.78. The lowest BCUT2D eigenvalue weighted by atomic mass is 10.0. The molecular formula is C22H25N3O. The number of carbonyl (C=O) groups excluding carboxylic acids is 1. The average Bonchev–Trinajstić information content (AvgIpc) is 2.62. The van der Waals surface area contributed by atoms with Crippen LogP contribution in [0, 0.1) is 11.3 Å². The highest BCUT2D eigenvalue weighted by atomic mass is 16.2. The maximum absolute atomic E-state index is 12.4. The molecule has 2 aromatic rings. The lowest BCUT2D eigenvalue weighted by Gasteiger charge is -2.20. The fourth-order valence-corrected chi connectivity index (χ4v) is 2.72. The highest BCUT2D eigenvalue weighted by Crippen LogP contribution is 2.17. The van der Waals surface area contributed by atoms with Crippen LogP contribution in [0.2, 0.25) is 0 Å². The molecule has 0 unspecified atom stereocenters. The smallest absolute Gasteiger partial charge is 0.238 e. The van der Waals surface area contributed by atoms with Gasteiger partial charge in [0.25, 0.3) is 0 Å². The summed E-state index contributed by atoms with van der Waals surface area (Å²) in [4.78, 5) is 14.4. The molecule has 0 aliphatic rings.